The highest BCUT2D eigenvalue weighted by molar-refractivity contribution is 9.10. The fourth-order valence-corrected chi connectivity index (χ4v) is 2.89. The summed E-state index contributed by atoms with van der Waals surface area (Å²) in [5, 5.41) is 0. The molecule has 1 amide bonds. The molecule has 6 heteroatoms. The lowest BCUT2D eigenvalue weighted by Crippen LogP contribution is -2.48. The molecule has 116 valence electrons. The Balaban J connectivity index is 1.56. The van der Waals surface area contributed by atoms with E-state index < -0.39 is 0 Å². The van der Waals surface area contributed by atoms with Crippen molar-refractivity contribution in [2.45, 2.75) is 6.54 Å². The molecule has 0 bridgehead atoms. The normalized spacial score (nSPS) is 16.0. The van der Waals surface area contributed by atoms with Crippen LogP contribution in [0.1, 0.15) is 16.1 Å². The van der Waals surface area contributed by atoms with Gasteiger partial charge in [-0.1, -0.05) is 22.0 Å². The maximum atomic E-state index is 13.9. The molecule has 0 spiro atoms. The molecule has 2 heterocycles. The van der Waals surface area contributed by atoms with Crippen LogP contribution in [0.4, 0.5) is 4.39 Å². The number of nitrogens with zero attached hydrogens (tertiary/aromatic N) is 2. The topological polar surface area (TPSA) is 36.7 Å². The lowest BCUT2D eigenvalue weighted by Gasteiger charge is -2.34. The van der Waals surface area contributed by atoms with E-state index in [1.807, 2.05) is 6.07 Å². The zero-order valence-electron chi connectivity index (χ0n) is 12.0. The fourth-order valence-electron chi connectivity index (χ4n) is 2.56. The standard InChI is InChI=1S/C16H16BrFN2O2/c17-13-4-3-12(14(18)10-13)11-19-5-7-20(8-6-19)16(21)15-2-1-9-22-15/h1-4,9-10H,5-8,11H2. The molecule has 0 aliphatic carbocycles. The highest BCUT2D eigenvalue weighted by atomic mass is 79.9. The minimum absolute atomic E-state index is 0.0838. The van der Waals surface area contributed by atoms with Gasteiger partial charge in [-0.15, -0.1) is 0 Å². The van der Waals surface area contributed by atoms with Crippen LogP contribution < -0.4 is 0 Å². The van der Waals surface area contributed by atoms with Crippen LogP contribution in [0.3, 0.4) is 0 Å². The van der Waals surface area contributed by atoms with Gasteiger partial charge in [-0.25, -0.2) is 4.39 Å². The molecule has 22 heavy (non-hydrogen) atoms. The van der Waals surface area contributed by atoms with Gasteiger partial charge in [-0.2, -0.15) is 0 Å². The van der Waals surface area contributed by atoms with Crippen LogP contribution in [0.5, 0.6) is 0 Å². The van der Waals surface area contributed by atoms with Crippen LogP contribution in [-0.4, -0.2) is 41.9 Å². The first-order chi connectivity index (χ1) is 10.6. The maximum absolute atomic E-state index is 13.9. The molecule has 0 unspecified atom stereocenters. The van der Waals surface area contributed by atoms with E-state index in [1.54, 1.807) is 23.1 Å². The van der Waals surface area contributed by atoms with Crippen molar-refractivity contribution in [2.24, 2.45) is 0 Å². The minimum Gasteiger partial charge on any atom is -0.459 e. The highest BCUT2D eigenvalue weighted by Crippen LogP contribution is 2.18. The summed E-state index contributed by atoms with van der Waals surface area (Å²) in [4.78, 5) is 16.1. The number of hydrogen-bond donors (Lipinski definition) is 0. The lowest BCUT2D eigenvalue weighted by atomic mass is 10.2. The summed E-state index contributed by atoms with van der Waals surface area (Å²) >= 11 is 3.26. The van der Waals surface area contributed by atoms with Crippen molar-refractivity contribution in [1.82, 2.24) is 9.80 Å². The van der Waals surface area contributed by atoms with Gasteiger partial charge in [0.05, 0.1) is 6.26 Å². The number of piperazine rings is 1. The van der Waals surface area contributed by atoms with E-state index >= 15 is 0 Å². The molecule has 1 fully saturated rings. The Labute approximate surface area is 136 Å². The molecule has 4 nitrogen and oxygen atoms in total. The molecule has 1 aliphatic heterocycles. The van der Waals surface area contributed by atoms with Crippen molar-refractivity contribution < 1.29 is 13.6 Å². The first-order valence-corrected chi connectivity index (χ1v) is 7.92. The number of rotatable bonds is 3. The monoisotopic (exact) mass is 366 g/mol. The Kier molecular flexibility index (Phi) is 4.59. The average Bonchev–Trinajstić information content (AvgIpc) is 3.04. The van der Waals surface area contributed by atoms with E-state index in [9.17, 15) is 9.18 Å². The fraction of sp³-hybridized carbons (Fsp3) is 0.312. The Morgan fingerprint density at radius 1 is 1.23 bits per heavy atom. The van der Waals surface area contributed by atoms with E-state index in [4.69, 9.17) is 4.42 Å². The second-order valence-corrected chi connectivity index (χ2v) is 6.20. The summed E-state index contributed by atoms with van der Waals surface area (Å²) in [5.41, 5.74) is 0.675. The summed E-state index contributed by atoms with van der Waals surface area (Å²) in [7, 11) is 0. The number of carbonyl (C=O) groups excluding carboxylic acids is 1. The van der Waals surface area contributed by atoms with Gasteiger partial charge in [0.25, 0.3) is 5.91 Å². The first-order valence-electron chi connectivity index (χ1n) is 7.12. The summed E-state index contributed by atoms with van der Waals surface area (Å²) in [6, 6.07) is 8.49. The molecule has 1 saturated heterocycles. The van der Waals surface area contributed by atoms with E-state index in [2.05, 4.69) is 20.8 Å². The van der Waals surface area contributed by atoms with Crippen molar-refractivity contribution in [1.29, 1.82) is 0 Å². The third-order valence-electron chi connectivity index (χ3n) is 3.80. The third kappa shape index (κ3) is 3.39. The van der Waals surface area contributed by atoms with Gasteiger partial charge < -0.3 is 9.32 Å². The van der Waals surface area contributed by atoms with Crippen LogP contribution >= 0.6 is 15.9 Å². The predicted molar refractivity (Wildman–Crippen MR) is 84.0 cm³/mol. The minimum atomic E-state index is -0.205. The van der Waals surface area contributed by atoms with E-state index in [0.29, 0.717) is 31.0 Å². The van der Waals surface area contributed by atoms with Gasteiger partial charge in [0.15, 0.2) is 5.76 Å². The Bertz CT molecular complexity index is 652. The molecule has 2 aromatic rings. The van der Waals surface area contributed by atoms with Crippen molar-refractivity contribution in [3.8, 4) is 0 Å². The number of benzene rings is 1. The first kappa shape index (κ1) is 15.2. The highest BCUT2D eigenvalue weighted by Gasteiger charge is 2.24. The molecule has 1 aromatic heterocycles. The summed E-state index contributed by atoms with van der Waals surface area (Å²) in [6.45, 7) is 3.25. The van der Waals surface area contributed by atoms with Crippen LogP contribution in [0.15, 0.2) is 45.5 Å². The van der Waals surface area contributed by atoms with Gasteiger partial charge in [-0.3, -0.25) is 9.69 Å². The smallest absolute Gasteiger partial charge is 0.289 e. The SMILES string of the molecule is O=C(c1ccco1)N1CCN(Cc2ccc(Br)cc2F)CC1. The molecule has 0 atom stereocenters. The molecule has 0 radical (unpaired) electrons. The molecule has 3 rings (SSSR count). The van der Waals surface area contributed by atoms with Gasteiger partial charge in [-0.05, 0) is 24.3 Å². The summed E-state index contributed by atoms with van der Waals surface area (Å²) < 4.78 is 19.7. The van der Waals surface area contributed by atoms with Crippen LogP contribution in [-0.2, 0) is 6.54 Å². The number of halogens is 2. The number of carbonyl (C=O) groups is 1. The van der Waals surface area contributed by atoms with E-state index in [1.165, 1.54) is 12.3 Å². The molecule has 1 aliphatic rings. The van der Waals surface area contributed by atoms with Crippen molar-refractivity contribution >= 4 is 21.8 Å². The Hall–Kier alpha value is -1.66. The predicted octanol–water partition coefficient (Wildman–Crippen LogP) is 3.14. The zero-order chi connectivity index (χ0) is 15.5. The van der Waals surface area contributed by atoms with Crippen molar-refractivity contribution in [3.63, 3.8) is 0 Å². The average molecular weight is 367 g/mol. The summed E-state index contributed by atoms with van der Waals surface area (Å²) in [6.07, 6.45) is 1.50. The van der Waals surface area contributed by atoms with Crippen LogP contribution in [0.25, 0.3) is 0 Å². The van der Waals surface area contributed by atoms with Gasteiger partial charge >= 0.3 is 0 Å². The number of furan rings is 1. The van der Waals surface area contributed by atoms with Gasteiger partial charge in [0.2, 0.25) is 0 Å². The molecule has 1 aromatic carbocycles. The summed E-state index contributed by atoms with van der Waals surface area (Å²) in [5.74, 6) is 0.0790. The molecular weight excluding hydrogens is 351 g/mol. The van der Waals surface area contributed by atoms with E-state index in [-0.39, 0.29) is 11.7 Å². The van der Waals surface area contributed by atoms with Gasteiger partial charge in [0.1, 0.15) is 5.82 Å². The van der Waals surface area contributed by atoms with Crippen molar-refractivity contribution in [3.05, 3.63) is 58.2 Å². The lowest BCUT2D eigenvalue weighted by molar-refractivity contribution is 0.0596. The van der Waals surface area contributed by atoms with Gasteiger partial charge in [0, 0.05) is 42.8 Å². The zero-order valence-corrected chi connectivity index (χ0v) is 13.6. The maximum Gasteiger partial charge on any atom is 0.289 e. The second kappa shape index (κ2) is 6.62. The Morgan fingerprint density at radius 3 is 2.64 bits per heavy atom. The van der Waals surface area contributed by atoms with Crippen molar-refractivity contribution in [2.75, 3.05) is 26.2 Å². The molecule has 0 saturated carbocycles. The quantitative estimate of drug-likeness (QED) is 0.837. The van der Waals surface area contributed by atoms with Crippen LogP contribution in [0.2, 0.25) is 0 Å². The molecular formula is C16H16BrFN2O2. The Morgan fingerprint density at radius 2 is 2.00 bits per heavy atom. The number of amides is 1. The largest absolute Gasteiger partial charge is 0.459 e. The van der Waals surface area contributed by atoms with Crippen LogP contribution in [0, 0.1) is 5.82 Å². The van der Waals surface area contributed by atoms with E-state index in [0.717, 1.165) is 17.6 Å². The third-order valence-corrected chi connectivity index (χ3v) is 4.29. The molecule has 0 N–H and O–H groups in total. The number of hydrogen-bond acceptors (Lipinski definition) is 3. The second-order valence-electron chi connectivity index (χ2n) is 5.28.